The Morgan fingerprint density at radius 3 is 2.62 bits per heavy atom. The molecule has 0 aliphatic rings. The molecule has 6 nitrogen and oxygen atoms in total. The van der Waals surface area contributed by atoms with Gasteiger partial charge in [-0.25, -0.2) is 8.78 Å². The Labute approximate surface area is 120 Å². The van der Waals surface area contributed by atoms with E-state index in [-0.39, 0.29) is 11.6 Å². The summed E-state index contributed by atoms with van der Waals surface area (Å²) in [5, 5.41) is 15.9. The third-order valence-corrected chi connectivity index (χ3v) is 2.80. The number of benzene rings is 1. The minimum Gasteiger partial charge on any atom is -0.374 e. The van der Waals surface area contributed by atoms with Gasteiger partial charge in [-0.05, 0) is 19.4 Å². The molecular formula is C13H17F2N3O3. The minimum atomic E-state index is -2.88. The average molecular weight is 301 g/mol. The van der Waals surface area contributed by atoms with E-state index >= 15 is 0 Å². The van der Waals surface area contributed by atoms with Crippen LogP contribution in [0.5, 0.6) is 0 Å². The van der Waals surface area contributed by atoms with Crippen molar-refractivity contribution >= 4 is 17.3 Å². The number of nitrogens with one attached hydrogen (secondary N) is 2. The number of alkyl halides is 2. The fraction of sp³-hybridized carbons (Fsp3) is 0.462. The zero-order valence-corrected chi connectivity index (χ0v) is 11.7. The van der Waals surface area contributed by atoms with Crippen LogP contribution in [0.4, 0.5) is 20.2 Å². The number of non-ortho nitro benzene ring substituents is 1. The van der Waals surface area contributed by atoms with Crippen LogP contribution in [-0.2, 0) is 4.79 Å². The molecule has 1 aromatic carbocycles. The Bertz CT molecular complexity index is 523. The predicted molar refractivity (Wildman–Crippen MR) is 74.4 cm³/mol. The molecule has 21 heavy (non-hydrogen) atoms. The highest BCUT2D eigenvalue weighted by Gasteiger charge is 2.20. The molecule has 0 spiro atoms. The van der Waals surface area contributed by atoms with Crippen LogP contribution in [-0.4, -0.2) is 23.4 Å². The average Bonchev–Trinajstić information content (AvgIpc) is 2.44. The molecule has 0 fully saturated rings. The number of carbonyl (C=O) groups excluding carboxylic acids is 1. The van der Waals surface area contributed by atoms with Gasteiger partial charge in [-0.15, -0.1) is 0 Å². The number of nitro groups is 1. The number of carbonyl (C=O) groups is 1. The number of hydrogen-bond donors (Lipinski definition) is 2. The van der Waals surface area contributed by atoms with E-state index in [0.717, 1.165) is 18.6 Å². The fourth-order valence-corrected chi connectivity index (χ4v) is 1.68. The van der Waals surface area contributed by atoms with E-state index in [0.29, 0.717) is 6.54 Å². The van der Waals surface area contributed by atoms with Gasteiger partial charge >= 0.3 is 0 Å². The molecule has 1 rings (SSSR count). The van der Waals surface area contributed by atoms with Crippen LogP contribution in [0.1, 0.15) is 32.3 Å². The van der Waals surface area contributed by atoms with E-state index in [1.165, 1.54) is 13.0 Å². The molecule has 0 heterocycles. The van der Waals surface area contributed by atoms with Crippen LogP contribution >= 0.6 is 0 Å². The molecule has 0 aromatic heterocycles. The highest BCUT2D eigenvalue weighted by molar-refractivity contribution is 5.84. The Morgan fingerprint density at radius 1 is 1.43 bits per heavy atom. The zero-order chi connectivity index (χ0) is 16.0. The predicted octanol–water partition coefficient (Wildman–Crippen LogP) is 2.86. The highest BCUT2D eigenvalue weighted by Crippen LogP contribution is 2.31. The van der Waals surface area contributed by atoms with Gasteiger partial charge in [0.1, 0.15) is 6.04 Å². The molecule has 0 bridgehead atoms. The van der Waals surface area contributed by atoms with Crippen molar-refractivity contribution in [3.63, 3.8) is 0 Å². The summed E-state index contributed by atoms with van der Waals surface area (Å²) in [5.74, 6) is -0.324. The molecule has 0 saturated heterocycles. The van der Waals surface area contributed by atoms with Gasteiger partial charge in [0.05, 0.1) is 4.92 Å². The SMILES string of the molecule is CCCNC(=O)C(C)Nc1ccc([N+](=O)[O-])cc1C(F)F. The lowest BCUT2D eigenvalue weighted by molar-refractivity contribution is -0.385. The summed E-state index contributed by atoms with van der Waals surface area (Å²) >= 11 is 0. The molecule has 1 aromatic rings. The summed E-state index contributed by atoms with van der Waals surface area (Å²) in [6, 6.07) is 2.38. The molecular weight excluding hydrogens is 284 g/mol. The van der Waals surface area contributed by atoms with Gasteiger partial charge in [0.15, 0.2) is 0 Å². The second kappa shape index (κ2) is 7.51. The summed E-state index contributed by atoms with van der Waals surface area (Å²) in [6.07, 6.45) is -2.11. The largest absolute Gasteiger partial charge is 0.374 e. The first kappa shape index (κ1) is 16.8. The first-order chi connectivity index (χ1) is 9.86. The van der Waals surface area contributed by atoms with Crippen LogP contribution in [0.3, 0.4) is 0 Å². The van der Waals surface area contributed by atoms with Crippen LogP contribution in [0.2, 0.25) is 0 Å². The molecule has 116 valence electrons. The first-order valence-electron chi connectivity index (χ1n) is 6.47. The molecule has 8 heteroatoms. The van der Waals surface area contributed by atoms with E-state index in [1.807, 2.05) is 6.92 Å². The highest BCUT2D eigenvalue weighted by atomic mass is 19.3. The topological polar surface area (TPSA) is 84.3 Å². The number of amides is 1. The zero-order valence-electron chi connectivity index (χ0n) is 11.7. The minimum absolute atomic E-state index is 0.00903. The van der Waals surface area contributed by atoms with Crippen molar-refractivity contribution in [2.24, 2.45) is 0 Å². The molecule has 0 saturated carbocycles. The molecule has 2 N–H and O–H groups in total. The maximum atomic E-state index is 13.0. The lowest BCUT2D eigenvalue weighted by atomic mass is 10.1. The van der Waals surface area contributed by atoms with E-state index in [2.05, 4.69) is 10.6 Å². The van der Waals surface area contributed by atoms with E-state index in [9.17, 15) is 23.7 Å². The Morgan fingerprint density at radius 2 is 2.10 bits per heavy atom. The first-order valence-corrected chi connectivity index (χ1v) is 6.47. The fourth-order valence-electron chi connectivity index (χ4n) is 1.68. The van der Waals surface area contributed by atoms with Crippen molar-refractivity contribution in [2.45, 2.75) is 32.7 Å². The van der Waals surface area contributed by atoms with Gasteiger partial charge in [0, 0.05) is 29.9 Å². The lowest BCUT2D eigenvalue weighted by Crippen LogP contribution is -2.38. The normalized spacial score (nSPS) is 12.0. The Kier molecular flexibility index (Phi) is 6.01. The number of nitrogens with zero attached hydrogens (tertiary/aromatic N) is 1. The van der Waals surface area contributed by atoms with E-state index in [1.54, 1.807) is 0 Å². The quantitative estimate of drug-likeness (QED) is 0.599. The van der Waals surface area contributed by atoms with Crippen molar-refractivity contribution < 1.29 is 18.5 Å². The summed E-state index contributed by atoms with van der Waals surface area (Å²) in [5.41, 5.74) is -0.909. The number of nitro benzene ring substituents is 1. The van der Waals surface area contributed by atoms with Crippen molar-refractivity contribution in [2.75, 3.05) is 11.9 Å². The van der Waals surface area contributed by atoms with Gasteiger partial charge in [-0.1, -0.05) is 6.92 Å². The van der Waals surface area contributed by atoms with Crippen LogP contribution in [0.25, 0.3) is 0 Å². The summed E-state index contributed by atoms with van der Waals surface area (Å²) in [7, 11) is 0. The maximum Gasteiger partial charge on any atom is 0.270 e. The van der Waals surface area contributed by atoms with Crippen LogP contribution in [0.15, 0.2) is 18.2 Å². The smallest absolute Gasteiger partial charge is 0.270 e. The second-order valence-corrected chi connectivity index (χ2v) is 4.49. The number of anilines is 1. The summed E-state index contributed by atoms with van der Waals surface area (Å²) in [6.45, 7) is 3.91. The number of halogens is 2. The molecule has 1 unspecified atom stereocenters. The van der Waals surface area contributed by atoms with Gasteiger partial charge in [0.2, 0.25) is 5.91 Å². The van der Waals surface area contributed by atoms with Crippen molar-refractivity contribution in [3.8, 4) is 0 Å². The Hall–Kier alpha value is -2.25. The summed E-state index contributed by atoms with van der Waals surface area (Å²) < 4.78 is 25.9. The number of rotatable bonds is 7. The summed E-state index contributed by atoms with van der Waals surface area (Å²) in [4.78, 5) is 21.6. The third-order valence-electron chi connectivity index (χ3n) is 2.80. The monoisotopic (exact) mass is 301 g/mol. The van der Waals surface area contributed by atoms with Gasteiger partial charge < -0.3 is 10.6 Å². The van der Waals surface area contributed by atoms with E-state index < -0.39 is 28.6 Å². The van der Waals surface area contributed by atoms with Crippen molar-refractivity contribution in [1.82, 2.24) is 5.32 Å². The lowest BCUT2D eigenvalue weighted by Gasteiger charge is -2.17. The number of hydrogen-bond acceptors (Lipinski definition) is 4. The van der Waals surface area contributed by atoms with Gasteiger partial charge in [0.25, 0.3) is 12.1 Å². The van der Waals surface area contributed by atoms with Gasteiger partial charge in [-0.3, -0.25) is 14.9 Å². The second-order valence-electron chi connectivity index (χ2n) is 4.49. The van der Waals surface area contributed by atoms with Crippen LogP contribution in [0, 0.1) is 10.1 Å². The molecule has 0 aliphatic carbocycles. The maximum absolute atomic E-state index is 13.0. The van der Waals surface area contributed by atoms with Crippen molar-refractivity contribution in [3.05, 3.63) is 33.9 Å². The van der Waals surface area contributed by atoms with E-state index in [4.69, 9.17) is 0 Å². The third kappa shape index (κ3) is 4.66. The standard InChI is InChI=1S/C13H17F2N3O3/c1-3-6-16-13(19)8(2)17-11-5-4-9(18(20)21)7-10(11)12(14)15/h4-5,7-8,12,17H,3,6H2,1-2H3,(H,16,19). The van der Waals surface area contributed by atoms with Crippen LogP contribution < -0.4 is 10.6 Å². The molecule has 1 amide bonds. The van der Waals surface area contributed by atoms with Gasteiger partial charge in [-0.2, -0.15) is 0 Å². The molecule has 0 aliphatic heterocycles. The molecule has 0 radical (unpaired) electrons. The Balaban J connectivity index is 2.92. The molecule has 1 atom stereocenters. The van der Waals surface area contributed by atoms with Crippen molar-refractivity contribution in [1.29, 1.82) is 0 Å².